The Balaban J connectivity index is 4.16. The van der Waals surface area contributed by atoms with Crippen LogP contribution in [0.2, 0.25) is 0 Å². The van der Waals surface area contributed by atoms with Crippen LogP contribution in [0.1, 0.15) is 13.3 Å². The molecule has 0 spiro atoms. The van der Waals surface area contributed by atoms with Gasteiger partial charge < -0.3 is 10.2 Å². The van der Waals surface area contributed by atoms with Crippen molar-refractivity contribution in [1.82, 2.24) is 0 Å². The Morgan fingerprint density at radius 3 is 2.46 bits per heavy atom. The van der Waals surface area contributed by atoms with E-state index in [-0.39, 0.29) is 12.0 Å². The molecule has 0 fully saturated rings. The van der Waals surface area contributed by atoms with Gasteiger partial charge in [0, 0.05) is 5.57 Å². The fraction of sp³-hybridized carbons (Fsp3) is 0.333. The first-order chi connectivity index (χ1) is 5.99. The van der Waals surface area contributed by atoms with Crippen molar-refractivity contribution in [1.29, 1.82) is 0 Å². The van der Waals surface area contributed by atoms with Gasteiger partial charge in [0.15, 0.2) is 5.78 Å². The topological polar surface area (TPSA) is 74.6 Å². The van der Waals surface area contributed by atoms with Crippen molar-refractivity contribution in [2.24, 2.45) is 0 Å². The Morgan fingerprint density at radius 1 is 1.54 bits per heavy atom. The third kappa shape index (κ3) is 4.22. The minimum absolute atomic E-state index is 0.00296. The highest BCUT2D eigenvalue weighted by Crippen LogP contribution is 2.00. The maximum absolute atomic E-state index is 10.7. The molecule has 0 saturated carbocycles. The number of carboxylic acid groups (broad SMARTS) is 1. The van der Waals surface area contributed by atoms with Crippen LogP contribution in [0.25, 0.3) is 0 Å². The van der Waals surface area contributed by atoms with E-state index in [1.807, 2.05) is 0 Å². The molecule has 0 rings (SSSR count). The molecule has 4 heteroatoms. The number of aliphatic hydroxyl groups excluding tert-OH is 1. The standard InChI is InChI=1S/C9H12O4/c1-3-7(10)8(11)5-4-6(2)9(12)13/h3-4,8,11H,1,5H2,2H3,(H,12,13). The highest BCUT2D eigenvalue weighted by Gasteiger charge is 2.10. The van der Waals surface area contributed by atoms with Crippen molar-refractivity contribution in [3.63, 3.8) is 0 Å². The van der Waals surface area contributed by atoms with Gasteiger partial charge in [-0.05, 0) is 19.4 Å². The van der Waals surface area contributed by atoms with Crippen LogP contribution < -0.4 is 0 Å². The molecule has 0 aromatic rings. The van der Waals surface area contributed by atoms with Crippen LogP contribution in [0, 0.1) is 0 Å². The van der Waals surface area contributed by atoms with E-state index in [1.54, 1.807) is 0 Å². The summed E-state index contributed by atoms with van der Waals surface area (Å²) in [6.07, 6.45) is 1.12. The van der Waals surface area contributed by atoms with E-state index in [2.05, 4.69) is 6.58 Å². The number of carbonyl (C=O) groups excluding carboxylic acids is 1. The molecule has 0 aliphatic carbocycles. The van der Waals surface area contributed by atoms with Gasteiger partial charge in [0.2, 0.25) is 0 Å². The number of hydrogen-bond donors (Lipinski definition) is 2. The Labute approximate surface area is 76.2 Å². The molecule has 0 aromatic carbocycles. The van der Waals surface area contributed by atoms with Gasteiger partial charge in [-0.2, -0.15) is 0 Å². The summed E-state index contributed by atoms with van der Waals surface area (Å²) in [7, 11) is 0. The second-order valence-corrected chi connectivity index (χ2v) is 2.55. The third-order valence-electron chi connectivity index (χ3n) is 1.51. The van der Waals surface area contributed by atoms with Gasteiger partial charge in [0.25, 0.3) is 0 Å². The van der Waals surface area contributed by atoms with Gasteiger partial charge in [0.1, 0.15) is 6.10 Å². The molecule has 0 heterocycles. The molecule has 2 N–H and O–H groups in total. The van der Waals surface area contributed by atoms with E-state index in [0.29, 0.717) is 0 Å². The molecule has 0 bridgehead atoms. The highest BCUT2D eigenvalue weighted by atomic mass is 16.4. The van der Waals surface area contributed by atoms with E-state index < -0.39 is 17.9 Å². The van der Waals surface area contributed by atoms with Crippen molar-refractivity contribution in [3.8, 4) is 0 Å². The Hall–Kier alpha value is -1.42. The summed E-state index contributed by atoms with van der Waals surface area (Å²) >= 11 is 0. The first-order valence-corrected chi connectivity index (χ1v) is 3.73. The minimum Gasteiger partial charge on any atom is -0.478 e. The fourth-order valence-electron chi connectivity index (χ4n) is 0.628. The van der Waals surface area contributed by atoms with Crippen LogP contribution in [-0.4, -0.2) is 28.1 Å². The lowest BCUT2D eigenvalue weighted by atomic mass is 10.1. The lowest BCUT2D eigenvalue weighted by molar-refractivity contribution is -0.132. The normalized spacial score (nSPS) is 13.5. The Kier molecular flexibility index (Phi) is 4.69. The monoisotopic (exact) mass is 184 g/mol. The van der Waals surface area contributed by atoms with E-state index in [1.165, 1.54) is 13.0 Å². The number of carboxylic acids is 1. The third-order valence-corrected chi connectivity index (χ3v) is 1.51. The summed E-state index contributed by atoms with van der Waals surface area (Å²) in [6.45, 7) is 4.59. The number of rotatable bonds is 5. The highest BCUT2D eigenvalue weighted by molar-refractivity contribution is 5.93. The van der Waals surface area contributed by atoms with E-state index in [0.717, 1.165) is 6.08 Å². The first kappa shape index (κ1) is 11.6. The summed E-state index contributed by atoms with van der Waals surface area (Å²) in [5, 5.41) is 17.5. The molecular weight excluding hydrogens is 172 g/mol. The second kappa shape index (κ2) is 5.27. The zero-order valence-corrected chi connectivity index (χ0v) is 7.36. The Bertz CT molecular complexity index is 252. The van der Waals surface area contributed by atoms with Gasteiger partial charge in [-0.25, -0.2) is 4.79 Å². The predicted octanol–water partition coefficient (Wildman–Crippen LogP) is 0.523. The molecule has 0 aliphatic heterocycles. The molecular formula is C9H12O4. The predicted molar refractivity (Wildman–Crippen MR) is 47.2 cm³/mol. The number of aliphatic carboxylic acids is 1. The number of carbonyl (C=O) groups is 2. The van der Waals surface area contributed by atoms with Crippen molar-refractivity contribution < 1.29 is 19.8 Å². The molecule has 1 atom stereocenters. The van der Waals surface area contributed by atoms with Crippen LogP contribution in [0.4, 0.5) is 0 Å². The molecule has 13 heavy (non-hydrogen) atoms. The maximum atomic E-state index is 10.7. The van der Waals surface area contributed by atoms with E-state index in [4.69, 9.17) is 10.2 Å². The maximum Gasteiger partial charge on any atom is 0.330 e. The van der Waals surface area contributed by atoms with Crippen LogP contribution in [-0.2, 0) is 9.59 Å². The summed E-state index contributed by atoms with van der Waals surface area (Å²) < 4.78 is 0. The lowest BCUT2D eigenvalue weighted by Gasteiger charge is -2.02. The molecule has 4 nitrogen and oxygen atoms in total. The minimum atomic E-state index is -1.19. The number of aliphatic hydroxyl groups is 1. The molecule has 0 aliphatic rings. The van der Waals surface area contributed by atoms with Gasteiger partial charge in [-0.3, -0.25) is 4.79 Å². The number of ketones is 1. The lowest BCUT2D eigenvalue weighted by Crippen LogP contribution is -2.16. The van der Waals surface area contributed by atoms with Gasteiger partial charge in [-0.1, -0.05) is 12.7 Å². The zero-order valence-electron chi connectivity index (χ0n) is 7.36. The van der Waals surface area contributed by atoms with Crippen LogP contribution in [0.5, 0.6) is 0 Å². The molecule has 0 saturated heterocycles. The quantitative estimate of drug-likeness (QED) is 0.611. The van der Waals surface area contributed by atoms with E-state index >= 15 is 0 Å². The molecule has 0 radical (unpaired) electrons. The van der Waals surface area contributed by atoms with Crippen LogP contribution in [0.15, 0.2) is 24.3 Å². The summed E-state index contributed by atoms with van der Waals surface area (Å²) in [5.74, 6) is -1.56. The zero-order chi connectivity index (χ0) is 10.4. The summed E-state index contributed by atoms with van der Waals surface area (Å²) in [4.78, 5) is 21.0. The summed E-state index contributed by atoms with van der Waals surface area (Å²) in [5.41, 5.74) is 0.107. The van der Waals surface area contributed by atoms with Crippen molar-refractivity contribution in [2.75, 3.05) is 0 Å². The van der Waals surface area contributed by atoms with Crippen molar-refractivity contribution in [2.45, 2.75) is 19.4 Å². The SMILES string of the molecule is C=CC(=O)C(O)CC=C(C)C(=O)O. The molecule has 1 unspecified atom stereocenters. The van der Waals surface area contributed by atoms with Crippen molar-refractivity contribution >= 4 is 11.8 Å². The Morgan fingerprint density at radius 2 is 2.08 bits per heavy atom. The van der Waals surface area contributed by atoms with E-state index in [9.17, 15) is 9.59 Å². The van der Waals surface area contributed by atoms with Gasteiger partial charge >= 0.3 is 5.97 Å². The second-order valence-electron chi connectivity index (χ2n) is 2.55. The number of hydrogen-bond acceptors (Lipinski definition) is 3. The summed E-state index contributed by atoms with van der Waals surface area (Å²) in [6, 6.07) is 0. The van der Waals surface area contributed by atoms with Crippen LogP contribution in [0.3, 0.4) is 0 Å². The average Bonchev–Trinajstić information content (AvgIpc) is 2.11. The molecule has 0 amide bonds. The van der Waals surface area contributed by atoms with Gasteiger partial charge in [-0.15, -0.1) is 0 Å². The largest absolute Gasteiger partial charge is 0.478 e. The molecule has 72 valence electrons. The first-order valence-electron chi connectivity index (χ1n) is 3.73. The molecule has 0 aromatic heterocycles. The average molecular weight is 184 g/mol. The van der Waals surface area contributed by atoms with Crippen molar-refractivity contribution in [3.05, 3.63) is 24.3 Å². The smallest absolute Gasteiger partial charge is 0.330 e. The van der Waals surface area contributed by atoms with Gasteiger partial charge in [0.05, 0.1) is 0 Å². The van der Waals surface area contributed by atoms with Crippen LogP contribution >= 0.6 is 0 Å². The fourth-order valence-corrected chi connectivity index (χ4v) is 0.628.